The highest BCUT2D eigenvalue weighted by atomic mass is 32.1. The first-order chi connectivity index (χ1) is 20.1. The molecular weight excluding hydrogens is 556 g/mol. The monoisotopic (exact) mass is 590 g/mol. The van der Waals surface area contributed by atoms with Crippen molar-refractivity contribution in [2.24, 2.45) is 22.4 Å². The summed E-state index contributed by atoms with van der Waals surface area (Å²) >= 11 is 1.39. The highest BCUT2D eigenvalue weighted by Crippen LogP contribution is 2.31. The number of carbonyl (C=O) groups is 3. The number of nitrogens with one attached hydrogen (secondary N) is 2. The number of fused-ring (bicyclic) bond motifs is 1. The van der Waals surface area contributed by atoms with Crippen LogP contribution in [0.15, 0.2) is 70.1 Å². The van der Waals surface area contributed by atoms with Crippen molar-refractivity contribution in [3.63, 3.8) is 0 Å². The molecule has 0 radical (unpaired) electrons. The van der Waals surface area contributed by atoms with Crippen LogP contribution in [0.5, 0.6) is 0 Å². The Kier molecular flexibility index (Phi) is 9.92. The molecule has 0 saturated heterocycles. The third-order valence-corrected chi connectivity index (χ3v) is 7.52. The number of guanidine groups is 1. The van der Waals surface area contributed by atoms with Crippen LogP contribution >= 0.6 is 11.3 Å². The van der Waals surface area contributed by atoms with Gasteiger partial charge in [0.1, 0.15) is 12.1 Å². The second kappa shape index (κ2) is 13.8. The summed E-state index contributed by atoms with van der Waals surface area (Å²) < 4.78 is 7.17. The van der Waals surface area contributed by atoms with Crippen molar-refractivity contribution < 1.29 is 23.9 Å². The van der Waals surface area contributed by atoms with Gasteiger partial charge < -0.3 is 31.6 Å². The van der Waals surface area contributed by atoms with E-state index in [4.69, 9.17) is 15.9 Å². The first-order valence-corrected chi connectivity index (χ1v) is 14.4. The van der Waals surface area contributed by atoms with Crippen molar-refractivity contribution in [2.45, 2.75) is 45.2 Å². The standard InChI is InChI=1S/C30H34N6O5S/c1-17(2)15-21(35-26(37)23-16-19-11-6-7-13-22(19)42-23)28-36-24(25(41-28)18-9-4-3-5-10-18)27(38)34-20(29(39)40)12-8-14-33-30(31)32/h3-7,9-11,13,16-17,20-21H,8,12,14-15H2,1-2H3,(H,34,38)(H,35,37)(H,39,40)(H4,31,32,33)/t20-,21-/m0/s1. The van der Waals surface area contributed by atoms with Gasteiger partial charge in [-0.2, -0.15) is 0 Å². The number of thiophene rings is 1. The lowest BCUT2D eigenvalue weighted by Crippen LogP contribution is -2.41. The minimum Gasteiger partial charge on any atom is -0.480 e. The van der Waals surface area contributed by atoms with Crippen molar-refractivity contribution in [1.82, 2.24) is 15.6 Å². The SMILES string of the molecule is CC(C)C[C@H](NC(=O)c1cc2ccccc2s1)c1nc(C(=O)N[C@@H](CCCN=C(N)N)C(=O)O)c(-c2ccccc2)o1. The zero-order valence-corrected chi connectivity index (χ0v) is 24.2. The number of nitrogens with two attached hydrogens (primary N) is 2. The number of oxazole rings is 1. The van der Waals surface area contributed by atoms with E-state index in [0.717, 1.165) is 10.1 Å². The van der Waals surface area contributed by atoms with Crippen molar-refractivity contribution in [3.05, 3.63) is 77.1 Å². The molecule has 2 aromatic heterocycles. The summed E-state index contributed by atoms with van der Waals surface area (Å²) in [5, 5.41) is 16.3. The summed E-state index contributed by atoms with van der Waals surface area (Å²) in [6.45, 7) is 4.24. The maximum Gasteiger partial charge on any atom is 0.326 e. The Bertz CT molecular complexity index is 1540. The van der Waals surface area contributed by atoms with Gasteiger partial charge in [-0.15, -0.1) is 11.3 Å². The fourth-order valence-electron chi connectivity index (χ4n) is 4.43. The minimum absolute atomic E-state index is 0.0726. The molecule has 12 heteroatoms. The van der Waals surface area contributed by atoms with Gasteiger partial charge in [-0.05, 0) is 42.7 Å². The van der Waals surface area contributed by atoms with Gasteiger partial charge in [-0.3, -0.25) is 14.6 Å². The molecule has 2 amide bonds. The van der Waals surface area contributed by atoms with Crippen LogP contribution in [0.4, 0.5) is 0 Å². The van der Waals surface area contributed by atoms with Crippen LogP contribution in [-0.2, 0) is 4.79 Å². The number of hydrogen-bond acceptors (Lipinski definition) is 7. The molecule has 7 N–H and O–H groups in total. The number of amides is 2. The van der Waals surface area contributed by atoms with E-state index in [0.29, 0.717) is 23.3 Å². The molecule has 2 heterocycles. The fourth-order valence-corrected chi connectivity index (χ4v) is 5.39. The number of nitrogens with zero attached hydrogens (tertiary/aromatic N) is 2. The smallest absolute Gasteiger partial charge is 0.326 e. The molecule has 0 fully saturated rings. The van der Waals surface area contributed by atoms with Crippen LogP contribution < -0.4 is 22.1 Å². The summed E-state index contributed by atoms with van der Waals surface area (Å²) in [5.41, 5.74) is 11.2. The fraction of sp³-hybridized carbons (Fsp3) is 0.300. The van der Waals surface area contributed by atoms with E-state index >= 15 is 0 Å². The number of aliphatic carboxylic acids is 1. The van der Waals surface area contributed by atoms with Gasteiger partial charge in [0.05, 0.1) is 4.88 Å². The normalized spacial score (nSPS) is 12.5. The van der Waals surface area contributed by atoms with Gasteiger partial charge in [0.25, 0.3) is 11.8 Å². The molecule has 2 atom stereocenters. The molecule has 0 saturated carbocycles. The molecule has 220 valence electrons. The van der Waals surface area contributed by atoms with Gasteiger partial charge in [0.15, 0.2) is 17.4 Å². The predicted molar refractivity (Wildman–Crippen MR) is 162 cm³/mol. The van der Waals surface area contributed by atoms with E-state index in [1.165, 1.54) is 11.3 Å². The van der Waals surface area contributed by atoms with Gasteiger partial charge in [-0.1, -0.05) is 62.4 Å². The summed E-state index contributed by atoms with van der Waals surface area (Å²) in [4.78, 5) is 47.6. The second-order valence-corrected chi connectivity index (χ2v) is 11.3. The molecule has 4 rings (SSSR count). The van der Waals surface area contributed by atoms with Crippen molar-refractivity contribution in [1.29, 1.82) is 0 Å². The Balaban J connectivity index is 1.63. The number of rotatable bonds is 13. The Morgan fingerprint density at radius 2 is 1.74 bits per heavy atom. The summed E-state index contributed by atoms with van der Waals surface area (Å²) in [6, 6.07) is 16.7. The second-order valence-electron chi connectivity index (χ2n) is 10.2. The zero-order valence-electron chi connectivity index (χ0n) is 23.4. The molecule has 0 aliphatic carbocycles. The third kappa shape index (κ3) is 7.72. The average molecular weight is 591 g/mol. The van der Waals surface area contributed by atoms with Crippen LogP contribution in [0.3, 0.4) is 0 Å². The number of benzene rings is 2. The average Bonchev–Trinajstić information content (AvgIpc) is 3.59. The Hall–Kier alpha value is -4.71. The number of hydrogen-bond donors (Lipinski definition) is 5. The molecule has 0 aliphatic rings. The maximum absolute atomic E-state index is 13.4. The summed E-state index contributed by atoms with van der Waals surface area (Å²) in [7, 11) is 0. The van der Waals surface area contributed by atoms with Gasteiger partial charge in [-0.25, -0.2) is 9.78 Å². The Morgan fingerprint density at radius 1 is 1.02 bits per heavy atom. The number of aromatic nitrogens is 1. The van der Waals surface area contributed by atoms with Crippen LogP contribution in [0.1, 0.15) is 65.2 Å². The molecule has 4 aromatic rings. The number of carboxylic acids is 1. The highest BCUT2D eigenvalue weighted by molar-refractivity contribution is 7.20. The minimum atomic E-state index is -1.20. The lowest BCUT2D eigenvalue weighted by atomic mass is 10.0. The molecule has 0 bridgehead atoms. The zero-order chi connectivity index (χ0) is 30.2. The maximum atomic E-state index is 13.4. The summed E-state index contributed by atoms with van der Waals surface area (Å²) in [6.07, 6.45) is 0.935. The first-order valence-electron chi connectivity index (χ1n) is 13.6. The van der Waals surface area contributed by atoms with E-state index in [9.17, 15) is 19.5 Å². The highest BCUT2D eigenvalue weighted by Gasteiger charge is 2.30. The molecule has 2 aromatic carbocycles. The lowest BCUT2D eigenvalue weighted by molar-refractivity contribution is -0.139. The molecule has 0 spiro atoms. The van der Waals surface area contributed by atoms with Crippen molar-refractivity contribution in [2.75, 3.05) is 6.54 Å². The van der Waals surface area contributed by atoms with Crippen LogP contribution in [0.2, 0.25) is 0 Å². The Morgan fingerprint density at radius 3 is 2.40 bits per heavy atom. The van der Waals surface area contributed by atoms with E-state index in [1.54, 1.807) is 24.3 Å². The molecule has 42 heavy (non-hydrogen) atoms. The summed E-state index contributed by atoms with van der Waals surface area (Å²) in [5.74, 6) is -1.80. The topological polar surface area (TPSA) is 186 Å². The van der Waals surface area contributed by atoms with Gasteiger partial charge in [0, 0.05) is 16.8 Å². The van der Waals surface area contributed by atoms with Crippen LogP contribution in [0, 0.1) is 5.92 Å². The van der Waals surface area contributed by atoms with E-state index in [1.807, 2.05) is 50.2 Å². The van der Waals surface area contributed by atoms with Crippen LogP contribution in [0.25, 0.3) is 21.4 Å². The van der Waals surface area contributed by atoms with Crippen molar-refractivity contribution >= 4 is 45.2 Å². The Labute approximate surface area is 247 Å². The quantitative estimate of drug-likeness (QED) is 0.0865. The largest absolute Gasteiger partial charge is 0.480 e. The number of carbonyl (C=O) groups excluding carboxylic acids is 2. The van der Waals surface area contributed by atoms with E-state index in [2.05, 4.69) is 20.6 Å². The van der Waals surface area contributed by atoms with Gasteiger partial charge in [0.2, 0.25) is 5.89 Å². The first kappa shape index (κ1) is 30.3. The number of carboxylic acid groups (broad SMARTS) is 1. The molecule has 0 aliphatic heterocycles. The predicted octanol–water partition coefficient (Wildman–Crippen LogP) is 4.31. The van der Waals surface area contributed by atoms with Crippen LogP contribution in [-0.4, -0.2) is 46.4 Å². The van der Waals surface area contributed by atoms with Gasteiger partial charge >= 0.3 is 5.97 Å². The third-order valence-electron chi connectivity index (χ3n) is 6.40. The van der Waals surface area contributed by atoms with E-state index in [-0.39, 0.29) is 48.1 Å². The molecular formula is C30H34N6O5S. The van der Waals surface area contributed by atoms with Crippen molar-refractivity contribution in [3.8, 4) is 11.3 Å². The molecule has 11 nitrogen and oxygen atoms in total. The van der Waals surface area contributed by atoms with E-state index < -0.39 is 24.0 Å². The molecule has 0 unspecified atom stereocenters. The lowest BCUT2D eigenvalue weighted by Gasteiger charge is -2.17. The number of aliphatic imine (C=N–C) groups is 1.